The lowest BCUT2D eigenvalue weighted by Gasteiger charge is -2.18. The van der Waals surface area contributed by atoms with E-state index in [9.17, 15) is 4.79 Å². The molecule has 3 rings (SSSR count). The Morgan fingerprint density at radius 1 is 1.04 bits per heavy atom. The van der Waals surface area contributed by atoms with Gasteiger partial charge < -0.3 is 4.74 Å². The largest absolute Gasteiger partial charge is 0.464 e. The van der Waals surface area contributed by atoms with E-state index in [1.165, 1.54) is 7.11 Å². The second-order valence-electron chi connectivity index (χ2n) is 5.70. The number of rotatable bonds is 4. The first-order valence-electron chi connectivity index (χ1n) is 7.79. The molecule has 0 aliphatic carbocycles. The summed E-state index contributed by atoms with van der Waals surface area (Å²) in [6.07, 6.45) is 0. The van der Waals surface area contributed by atoms with Gasteiger partial charge in [0.15, 0.2) is 5.69 Å². The first-order chi connectivity index (χ1) is 12.4. The quantitative estimate of drug-likeness (QED) is 0.503. The maximum Gasteiger partial charge on any atom is 0.358 e. The van der Waals surface area contributed by atoms with Gasteiger partial charge in [-0.3, -0.25) is 4.68 Å². The van der Waals surface area contributed by atoms with E-state index >= 15 is 0 Å². The second kappa shape index (κ2) is 7.70. The molecule has 1 heterocycles. The average molecular weight is 410 g/mol. The van der Waals surface area contributed by atoms with Gasteiger partial charge in [-0.25, -0.2) is 4.79 Å². The highest BCUT2D eigenvalue weighted by Gasteiger charge is 2.21. The van der Waals surface area contributed by atoms with Gasteiger partial charge in [-0.1, -0.05) is 53.0 Å². The standard InChI is InChI=1S/C19H15Cl3N2O2/c1-11(15-8-7-14(21)9-16(15)22)24-18(10-17(23-24)19(25)26-2)12-3-5-13(20)6-4-12/h3-11H,1-2H3. The summed E-state index contributed by atoms with van der Waals surface area (Å²) in [7, 11) is 1.32. The second-order valence-corrected chi connectivity index (χ2v) is 6.98. The Balaban J connectivity index is 2.13. The monoisotopic (exact) mass is 408 g/mol. The van der Waals surface area contributed by atoms with Crippen molar-refractivity contribution < 1.29 is 9.53 Å². The van der Waals surface area contributed by atoms with E-state index in [0.29, 0.717) is 15.1 Å². The number of halogens is 3. The number of nitrogens with zero attached hydrogens (tertiary/aromatic N) is 2. The van der Waals surface area contributed by atoms with Gasteiger partial charge in [-0.2, -0.15) is 5.10 Å². The number of benzene rings is 2. The van der Waals surface area contributed by atoms with E-state index in [4.69, 9.17) is 39.5 Å². The van der Waals surface area contributed by atoms with E-state index < -0.39 is 5.97 Å². The third-order valence-electron chi connectivity index (χ3n) is 4.05. The highest BCUT2D eigenvalue weighted by molar-refractivity contribution is 6.35. The van der Waals surface area contributed by atoms with Crippen LogP contribution in [0.1, 0.15) is 29.0 Å². The zero-order valence-electron chi connectivity index (χ0n) is 14.0. The number of esters is 1. The van der Waals surface area contributed by atoms with Crippen LogP contribution in [0.2, 0.25) is 15.1 Å². The summed E-state index contributed by atoms with van der Waals surface area (Å²) >= 11 is 18.3. The van der Waals surface area contributed by atoms with Crippen LogP contribution >= 0.6 is 34.8 Å². The zero-order chi connectivity index (χ0) is 18.8. The van der Waals surface area contributed by atoms with Crippen LogP contribution in [0, 0.1) is 0 Å². The molecule has 134 valence electrons. The Labute approximate surface area is 166 Å². The molecule has 2 aromatic carbocycles. The lowest BCUT2D eigenvalue weighted by Crippen LogP contribution is -2.12. The Morgan fingerprint density at radius 2 is 1.69 bits per heavy atom. The number of aromatic nitrogens is 2. The lowest BCUT2D eigenvalue weighted by molar-refractivity contribution is 0.0593. The summed E-state index contributed by atoms with van der Waals surface area (Å²) in [5.41, 5.74) is 2.68. The van der Waals surface area contributed by atoms with Crippen molar-refractivity contribution in [1.82, 2.24) is 9.78 Å². The van der Waals surface area contributed by atoms with E-state index in [-0.39, 0.29) is 11.7 Å². The maximum atomic E-state index is 12.0. The molecule has 3 aromatic rings. The van der Waals surface area contributed by atoms with E-state index in [1.54, 1.807) is 35.0 Å². The van der Waals surface area contributed by atoms with Crippen LogP contribution in [0.3, 0.4) is 0 Å². The molecule has 26 heavy (non-hydrogen) atoms. The number of hydrogen-bond acceptors (Lipinski definition) is 3. The molecule has 0 spiro atoms. The summed E-state index contributed by atoms with van der Waals surface area (Å²) in [4.78, 5) is 12.0. The molecule has 0 N–H and O–H groups in total. The van der Waals surface area contributed by atoms with Crippen LogP contribution in [0.5, 0.6) is 0 Å². The fourth-order valence-corrected chi connectivity index (χ4v) is 3.39. The number of carbonyl (C=O) groups is 1. The van der Waals surface area contributed by atoms with Gasteiger partial charge in [0, 0.05) is 15.1 Å². The average Bonchev–Trinajstić information content (AvgIpc) is 3.06. The molecule has 0 radical (unpaired) electrons. The van der Waals surface area contributed by atoms with Crippen molar-refractivity contribution in [3.05, 3.63) is 74.9 Å². The maximum absolute atomic E-state index is 12.0. The van der Waals surface area contributed by atoms with Crippen molar-refractivity contribution in [2.24, 2.45) is 0 Å². The number of ether oxygens (including phenoxy) is 1. The Hall–Kier alpha value is -2.01. The molecule has 4 nitrogen and oxygen atoms in total. The smallest absolute Gasteiger partial charge is 0.358 e. The molecule has 1 atom stereocenters. The molecule has 0 bridgehead atoms. The van der Waals surface area contributed by atoms with E-state index in [1.807, 2.05) is 25.1 Å². The predicted molar refractivity (Wildman–Crippen MR) is 104 cm³/mol. The SMILES string of the molecule is COC(=O)c1cc(-c2ccc(Cl)cc2)n(C(C)c2ccc(Cl)cc2Cl)n1. The minimum Gasteiger partial charge on any atom is -0.464 e. The molecule has 7 heteroatoms. The topological polar surface area (TPSA) is 44.1 Å². The highest BCUT2D eigenvalue weighted by atomic mass is 35.5. The molecule has 1 unspecified atom stereocenters. The van der Waals surface area contributed by atoms with Crippen molar-refractivity contribution >= 4 is 40.8 Å². The first kappa shape index (κ1) is 18.8. The minimum atomic E-state index is -0.506. The molecular formula is C19H15Cl3N2O2. The van der Waals surface area contributed by atoms with Crippen molar-refractivity contribution in [2.45, 2.75) is 13.0 Å². The van der Waals surface area contributed by atoms with Crippen molar-refractivity contribution in [2.75, 3.05) is 7.11 Å². The fourth-order valence-electron chi connectivity index (χ4n) is 2.70. The molecule has 0 saturated carbocycles. The predicted octanol–water partition coefficient (Wildman–Crippen LogP) is 5.91. The normalized spacial score (nSPS) is 12.0. The van der Waals surface area contributed by atoms with E-state index in [2.05, 4.69) is 5.10 Å². The van der Waals surface area contributed by atoms with Crippen LogP contribution in [0.25, 0.3) is 11.3 Å². The third-order valence-corrected chi connectivity index (χ3v) is 4.86. The summed E-state index contributed by atoms with van der Waals surface area (Å²) < 4.78 is 6.55. The minimum absolute atomic E-state index is 0.217. The van der Waals surface area contributed by atoms with Gasteiger partial charge in [0.05, 0.1) is 18.8 Å². The van der Waals surface area contributed by atoms with Crippen LogP contribution in [0.15, 0.2) is 48.5 Å². The van der Waals surface area contributed by atoms with Crippen LogP contribution in [-0.2, 0) is 4.74 Å². The van der Waals surface area contributed by atoms with Gasteiger partial charge in [0.2, 0.25) is 0 Å². The van der Waals surface area contributed by atoms with Crippen LogP contribution < -0.4 is 0 Å². The number of hydrogen-bond donors (Lipinski definition) is 0. The summed E-state index contributed by atoms with van der Waals surface area (Å²) in [5, 5.41) is 6.15. The number of methoxy groups -OCH3 is 1. The highest BCUT2D eigenvalue weighted by Crippen LogP contribution is 2.32. The summed E-state index contributed by atoms with van der Waals surface area (Å²) in [5.74, 6) is -0.506. The van der Waals surface area contributed by atoms with Gasteiger partial charge in [0.25, 0.3) is 0 Å². The van der Waals surface area contributed by atoms with Gasteiger partial charge in [0.1, 0.15) is 0 Å². The zero-order valence-corrected chi connectivity index (χ0v) is 16.3. The molecule has 0 aliphatic rings. The van der Waals surface area contributed by atoms with Crippen molar-refractivity contribution in [3.8, 4) is 11.3 Å². The molecule has 0 aliphatic heterocycles. The van der Waals surface area contributed by atoms with Gasteiger partial charge in [-0.15, -0.1) is 0 Å². The van der Waals surface area contributed by atoms with Crippen LogP contribution in [0.4, 0.5) is 0 Å². The lowest BCUT2D eigenvalue weighted by atomic mass is 10.1. The number of carbonyl (C=O) groups excluding carboxylic acids is 1. The Morgan fingerprint density at radius 3 is 2.31 bits per heavy atom. The molecule has 0 fully saturated rings. The third kappa shape index (κ3) is 3.73. The molecule has 0 saturated heterocycles. The molecule has 1 aromatic heterocycles. The van der Waals surface area contributed by atoms with Gasteiger partial charge in [-0.05, 0) is 48.4 Å². The van der Waals surface area contributed by atoms with Crippen molar-refractivity contribution in [3.63, 3.8) is 0 Å². The van der Waals surface area contributed by atoms with Gasteiger partial charge >= 0.3 is 5.97 Å². The Kier molecular flexibility index (Phi) is 5.56. The summed E-state index contributed by atoms with van der Waals surface area (Å²) in [6.45, 7) is 1.95. The molecule has 0 amide bonds. The van der Waals surface area contributed by atoms with Crippen molar-refractivity contribution in [1.29, 1.82) is 0 Å². The Bertz CT molecular complexity index is 952. The first-order valence-corrected chi connectivity index (χ1v) is 8.93. The molecular weight excluding hydrogens is 395 g/mol. The summed E-state index contributed by atoms with van der Waals surface area (Å²) in [6, 6.07) is 14.1. The fraction of sp³-hybridized carbons (Fsp3) is 0.158. The van der Waals surface area contributed by atoms with E-state index in [0.717, 1.165) is 16.8 Å². The van der Waals surface area contributed by atoms with Crippen LogP contribution in [-0.4, -0.2) is 22.9 Å².